The van der Waals surface area contributed by atoms with Crippen molar-refractivity contribution in [2.75, 3.05) is 0 Å². The zero-order valence-electron chi connectivity index (χ0n) is 12.1. The summed E-state index contributed by atoms with van der Waals surface area (Å²) in [5.41, 5.74) is 6.27. The summed E-state index contributed by atoms with van der Waals surface area (Å²) in [6.07, 6.45) is 2.20. The summed E-state index contributed by atoms with van der Waals surface area (Å²) >= 11 is 0. The number of rotatable bonds is 4. The van der Waals surface area contributed by atoms with Crippen LogP contribution in [-0.2, 0) is 10.0 Å². The molecule has 0 bridgehead atoms. The molecule has 116 valence electrons. The van der Waals surface area contributed by atoms with E-state index in [9.17, 15) is 12.8 Å². The van der Waals surface area contributed by atoms with Gasteiger partial charge >= 0.3 is 0 Å². The predicted molar refractivity (Wildman–Crippen MR) is 79.2 cm³/mol. The molecule has 1 aliphatic rings. The van der Waals surface area contributed by atoms with E-state index in [1.807, 2.05) is 0 Å². The van der Waals surface area contributed by atoms with E-state index in [-0.39, 0.29) is 22.7 Å². The Hall–Kier alpha value is -1.47. The van der Waals surface area contributed by atoms with Crippen LogP contribution in [0.5, 0.6) is 0 Å². The van der Waals surface area contributed by atoms with Crippen molar-refractivity contribution < 1.29 is 12.8 Å². The number of hydrogen-bond donors (Lipinski definition) is 3. The fraction of sp³-hybridized carbons (Fsp3) is 0.500. The van der Waals surface area contributed by atoms with Crippen LogP contribution in [0.1, 0.15) is 30.4 Å². The molecule has 1 fully saturated rings. The zero-order valence-corrected chi connectivity index (χ0v) is 12.9. The van der Waals surface area contributed by atoms with E-state index in [0.29, 0.717) is 24.0 Å². The normalized spacial score (nSPS) is 22.4. The molecule has 0 saturated heterocycles. The third-order valence-corrected chi connectivity index (χ3v) is 5.71. The second kappa shape index (κ2) is 5.73. The van der Waals surface area contributed by atoms with Gasteiger partial charge in [-0.05, 0) is 49.9 Å². The molecule has 2 unspecified atom stereocenters. The van der Waals surface area contributed by atoms with Gasteiger partial charge in [-0.2, -0.15) is 0 Å². The lowest BCUT2D eigenvalue weighted by molar-refractivity contribution is 0.520. The smallest absolute Gasteiger partial charge is 0.241 e. The molecule has 0 radical (unpaired) electrons. The van der Waals surface area contributed by atoms with E-state index < -0.39 is 15.8 Å². The number of sulfonamides is 1. The second-order valence-corrected chi connectivity index (χ2v) is 7.24. The van der Waals surface area contributed by atoms with Crippen molar-refractivity contribution in [1.29, 1.82) is 5.41 Å². The van der Waals surface area contributed by atoms with Crippen molar-refractivity contribution in [1.82, 2.24) is 4.72 Å². The molecule has 2 rings (SSSR count). The van der Waals surface area contributed by atoms with Crippen LogP contribution in [0, 0.1) is 31.0 Å². The van der Waals surface area contributed by atoms with Gasteiger partial charge in [0.2, 0.25) is 10.0 Å². The summed E-state index contributed by atoms with van der Waals surface area (Å²) in [5.74, 6) is -0.708. The molecule has 2 atom stereocenters. The Labute approximate surface area is 124 Å². The van der Waals surface area contributed by atoms with Crippen molar-refractivity contribution in [3.8, 4) is 0 Å². The van der Waals surface area contributed by atoms with Gasteiger partial charge < -0.3 is 5.73 Å². The van der Waals surface area contributed by atoms with Crippen LogP contribution in [-0.4, -0.2) is 20.3 Å². The minimum atomic E-state index is -3.76. The molecule has 1 aromatic rings. The quantitative estimate of drug-likeness (QED) is 0.584. The van der Waals surface area contributed by atoms with Gasteiger partial charge in [0.15, 0.2) is 0 Å². The number of hydrogen-bond acceptors (Lipinski definition) is 3. The summed E-state index contributed by atoms with van der Waals surface area (Å²) in [6, 6.07) is 2.05. The summed E-state index contributed by atoms with van der Waals surface area (Å²) in [6.45, 7) is 3.14. The SMILES string of the molecule is Cc1cc(F)cc(C)c1S(=O)(=O)NC1CCCC1C(=N)N. The van der Waals surface area contributed by atoms with Gasteiger partial charge in [0.25, 0.3) is 0 Å². The van der Waals surface area contributed by atoms with Crippen LogP contribution < -0.4 is 10.5 Å². The molecule has 1 aromatic carbocycles. The van der Waals surface area contributed by atoms with Crippen molar-refractivity contribution >= 4 is 15.9 Å². The molecule has 4 N–H and O–H groups in total. The van der Waals surface area contributed by atoms with Gasteiger partial charge in [-0.3, -0.25) is 5.41 Å². The van der Waals surface area contributed by atoms with E-state index in [4.69, 9.17) is 11.1 Å². The maximum absolute atomic E-state index is 13.3. The minimum absolute atomic E-state index is 0.00718. The van der Waals surface area contributed by atoms with Gasteiger partial charge in [-0.1, -0.05) is 6.42 Å². The van der Waals surface area contributed by atoms with Gasteiger partial charge in [-0.25, -0.2) is 17.5 Å². The fourth-order valence-electron chi connectivity index (χ4n) is 3.05. The third kappa shape index (κ3) is 3.24. The van der Waals surface area contributed by atoms with E-state index in [0.717, 1.165) is 6.42 Å². The summed E-state index contributed by atoms with van der Waals surface area (Å²) in [7, 11) is -3.76. The number of amidine groups is 1. The largest absolute Gasteiger partial charge is 0.387 e. The van der Waals surface area contributed by atoms with Crippen molar-refractivity contribution in [3.63, 3.8) is 0 Å². The lowest BCUT2D eigenvalue weighted by Crippen LogP contribution is -2.42. The molecule has 0 amide bonds. The van der Waals surface area contributed by atoms with Crippen LogP contribution in [0.25, 0.3) is 0 Å². The van der Waals surface area contributed by atoms with Crippen LogP contribution in [0.4, 0.5) is 4.39 Å². The van der Waals surface area contributed by atoms with Crippen molar-refractivity contribution in [3.05, 3.63) is 29.1 Å². The average Bonchev–Trinajstić information content (AvgIpc) is 2.73. The Morgan fingerprint density at radius 1 is 1.33 bits per heavy atom. The highest BCUT2D eigenvalue weighted by atomic mass is 32.2. The number of halogens is 1. The maximum Gasteiger partial charge on any atom is 0.241 e. The number of nitrogens with one attached hydrogen (secondary N) is 2. The first-order valence-corrected chi connectivity index (χ1v) is 8.33. The molecule has 0 aromatic heterocycles. The third-order valence-electron chi connectivity index (χ3n) is 3.92. The Morgan fingerprint density at radius 3 is 2.43 bits per heavy atom. The average molecular weight is 313 g/mol. The van der Waals surface area contributed by atoms with Crippen LogP contribution in [0.2, 0.25) is 0 Å². The Kier molecular flexibility index (Phi) is 4.34. The van der Waals surface area contributed by atoms with Gasteiger partial charge in [0.05, 0.1) is 10.7 Å². The first-order chi connectivity index (χ1) is 9.72. The Morgan fingerprint density at radius 2 is 1.90 bits per heavy atom. The number of benzene rings is 1. The molecule has 0 spiro atoms. The maximum atomic E-state index is 13.3. The molecule has 7 heteroatoms. The van der Waals surface area contributed by atoms with Gasteiger partial charge in [0, 0.05) is 12.0 Å². The van der Waals surface area contributed by atoms with Gasteiger partial charge in [0.1, 0.15) is 5.82 Å². The summed E-state index contributed by atoms with van der Waals surface area (Å²) in [4.78, 5) is 0.109. The van der Waals surface area contributed by atoms with E-state index in [1.54, 1.807) is 13.8 Å². The fourth-order valence-corrected chi connectivity index (χ4v) is 4.82. The Balaban J connectivity index is 2.33. The molecule has 1 saturated carbocycles. The molecular weight excluding hydrogens is 293 g/mol. The topological polar surface area (TPSA) is 96.0 Å². The van der Waals surface area contributed by atoms with Crippen molar-refractivity contribution in [2.45, 2.75) is 44.0 Å². The van der Waals surface area contributed by atoms with E-state index >= 15 is 0 Å². The molecular formula is C14H20FN3O2S. The van der Waals surface area contributed by atoms with Crippen molar-refractivity contribution in [2.24, 2.45) is 11.7 Å². The lowest BCUT2D eigenvalue weighted by Gasteiger charge is -2.21. The highest BCUT2D eigenvalue weighted by molar-refractivity contribution is 7.89. The minimum Gasteiger partial charge on any atom is -0.387 e. The second-order valence-electron chi connectivity index (χ2n) is 5.59. The van der Waals surface area contributed by atoms with Gasteiger partial charge in [-0.15, -0.1) is 0 Å². The lowest BCUT2D eigenvalue weighted by atomic mass is 10.0. The molecule has 0 aliphatic heterocycles. The first-order valence-electron chi connectivity index (χ1n) is 6.85. The van der Waals surface area contributed by atoms with Crippen LogP contribution in [0.3, 0.4) is 0 Å². The molecule has 0 heterocycles. The zero-order chi connectivity index (χ0) is 15.8. The summed E-state index contributed by atoms with van der Waals surface area (Å²) < 4.78 is 41.1. The first kappa shape index (κ1) is 15.9. The predicted octanol–water partition coefficient (Wildman–Crippen LogP) is 1.83. The number of aryl methyl sites for hydroxylation is 2. The van der Waals surface area contributed by atoms with Crippen LogP contribution >= 0.6 is 0 Å². The highest BCUT2D eigenvalue weighted by Crippen LogP contribution is 2.28. The van der Waals surface area contributed by atoms with E-state index in [1.165, 1.54) is 12.1 Å². The molecule has 21 heavy (non-hydrogen) atoms. The Bertz CT molecular complexity index is 650. The highest BCUT2D eigenvalue weighted by Gasteiger charge is 2.34. The molecule has 5 nitrogen and oxygen atoms in total. The standard InChI is InChI=1S/C14H20FN3O2S/c1-8-6-10(15)7-9(2)13(8)21(19,20)18-12-5-3-4-11(12)14(16)17/h6-7,11-12,18H,3-5H2,1-2H3,(H3,16,17). The van der Waals surface area contributed by atoms with E-state index in [2.05, 4.69) is 4.72 Å². The summed E-state index contributed by atoms with van der Waals surface area (Å²) in [5, 5.41) is 7.54. The van der Waals surface area contributed by atoms with Crippen LogP contribution in [0.15, 0.2) is 17.0 Å². The molecule has 1 aliphatic carbocycles. The monoisotopic (exact) mass is 313 g/mol. The number of nitrogens with two attached hydrogens (primary N) is 1.